The van der Waals surface area contributed by atoms with Gasteiger partial charge in [-0.05, 0) is 12.1 Å². The second-order valence-corrected chi connectivity index (χ2v) is 5.68. The molecule has 0 amide bonds. The number of benzene rings is 1. The van der Waals surface area contributed by atoms with Crippen molar-refractivity contribution >= 4 is 57.3 Å². The predicted molar refractivity (Wildman–Crippen MR) is 66.0 cm³/mol. The molecule has 0 bridgehead atoms. The van der Waals surface area contributed by atoms with E-state index in [4.69, 9.17) is 46.4 Å². The third-order valence-electron chi connectivity index (χ3n) is 2.01. The number of aromatic nitrogens is 1. The van der Waals surface area contributed by atoms with Gasteiger partial charge in [-0.25, -0.2) is 0 Å². The van der Waals surface area contributed by atoms with Gasteiger partial charge in [0.25, 0.3) is 0 Å². The van der Waals surface area contributed by atoms with E-state index in [9.17, 15) is 0 Å². The summed E-state index contributed by atoms with van der Waals surface area (Å²) in [5.74, 6) is 0. The van der Waals surface area contributed by atoms with Gasteiger partial charge in [-0.3, -0.25) is 4.98 Å². The van der Waals surface area contributed by atoms with E-state index >= 15 is 0 Å². The minimum absolute atomic E-state index is 0.404. The van der Waals surface area contributed by atoms with Crippen LogP contribution in [0.25, 0.3) is 10.9 Å². The summed E-state index contributed by atoms with van der Waals surface area (Å²) >= 11 is 23.5. The summed E-state index contributed by atoms with van der Waals surface area (Å²) in [6.07, 6.45) is 1.64. The van der Waals surface area contributed by atoms with Crippen molar-refractivity contribution in [1.82, 2.24) is 4.98 Å². The van der Waals surface area contributed by atoms with E-state index in [0.29, 0.717) is 16.1 Å². The van der Waals surface area contributed by atoms with Crippen LogP contribution < -0.4 is 0 Å². The van der Waals surface area contributed by atoms with Gasteiger partial charge in [-0.2, -0.15) is 0 Å². The first-order valence-corrected chi connectivity index (χ1v) is 5.62. The smallest absolute Gasteiger partial charge is 0.219 e. The molecule has 0 atom stereocenters. The third kappa shape index (κ3) is 2.16. The zero-order valence-corrected chi connectivity index (χ0v) is 10.4. The Hall–Kier alpha value is -0.210. The molecule has 0 saturated heterocycles. The van der Waals surface area contributed by atoms with Crippen LogP contribution in [-0.4, -0.2) is 4.98 Å². The van der Waals surface area contributed by atoms with Gasteiger partial charge in [-0.15, -0.1) is 0 Å². The Morgan fingerprint density at radius 1 is 1.07 bits per heavy atom. The molecule has 2 rings (SSSR count). The van der Waals surface area contributed by atoms with Crippen molar-refractivity contribution in [3.8, 4) is 0 Å². The fourth-order valence-electron chi connectivity index (χ4n) is 1.39. The van der Waals surface area contributed by atoms with Crippen LogP contribution in [0.4, 0.5) is 0 Å². The lowest BCUT2D eigenvalue weighted by Crippen LogP contribution is -2.03. The van der Waals surface area contributed by atoms with Crippen molar-refractivity contribution in [3.05, 3.63) is 41.0 Å². The van der Waals surface area contributed by atoms with Crippen LogP contribution in [0.3, 0.4) is 0 Å². The first-order chi connectivity index (χ1) is 7.00. The number of hydrogen-bond acceptors (Lipinski definition) is 1. The molecule has 0 saturated carbocycles. The second kappa shape index (κ2) is 3.99. The highest BCUT2D eigenvalue weighted by atomic mass is 35.6. The SMILES string of the molecule is Clc1ccc2cccnc2c1C(Cl)(Cl)Cl. The molecule has 78 valence electrons. The number of halogens is 4. The molecule has 0 fully saturated rings. The maximum atomic E-state index is 5.99. The summed E-state index contributed by atoms with van der Waals surface area (Å²) in [5.41, 5.74) is 1.04. The van der Waals surface area contributed by atoms with E-state index in [1.54, 1.807) is 12.3 Å². The highest BCUT2D eigenvalue weighted by Crippen LogP contribution is 2.44. The lowest BCUT2D eigenvalue weighted by atomic mass is 10.1. The zero-order valence-electron chi connectivity index (χ0n) is 7.35. The molecule has 15 heavy (non-hydrogen) atoms. The Kier molecular flexibility index (Phi) is 3.00. The molecule has 0 aliphatic rings. The molecule has 0 unspecified atom stereocenters. The third-order valence-corrected chi connectivity index (χ3v) is 2.89. The van der Waals surface area contributed by atoms with Crippen LogP contribution in [0.15, 0.2) is 30.5 Å². The maximum absolute atomic E-state index is 5.99. The fraction of sp³-hybridized carbons (Fsp3) is 0.100. The molecule has 0 radical (unpaired) electrons. The largest absolute Gasteiger partial charge is 0.256 e. The number of rotatable bonds is 0. The van der Waals surface area contributed by atoms with Crippen LogP contribution >= 0.6 is 46.4 Å². The minimum atomic E-state index is -1.56. The van der Waals surface area contributed by atoms with Crippen molar-refractivity contribution in [3.63, 3.8) is 0 Å². The van der Waals surface area contributed by atoms with Crippen LogP contribution in [-0.2, 0) is 3.79 Å². The Morgan fingerprint density at radius 2 is 1.80 bits per heavy atom. The number of fused-ring (bicyclic) bond motifs is 1. The molecule has 0 aliphatic carbocycles. The Morgan fingerprint density at radius 3 is 2.47 bits per heavy atom. The summed E-state index contributed by atoms with van der Waals surface area (Å²) in [6, 6.07) is 7.24. The zero-order chi connectivity index (χ0) is 11.1. The van der Waals surface area contributed by atoms with E-state index in [2.05, 4.69) is 4.98 Å². The number of hydrogen-bond donors (Lipinski definition) is 0. The van der Waals surface area contributed by atoms with Crippen LogP contribution in [0.5, 0.6) is 0 Å². The number of pyridine rings is 1. The van der Waals surface area contributed by atoms with Crippen molar-refractivity contribution < 1.29 is 0 Å². The van der Waals surface area contributed by atoms with Crippen LogP contribution in [0, 0.1) is 0 Å². The Bertz CT molecular complexity index is 504. The average Bonchev–Trinajstić information content (AvgIpc) is 2.15. The molecule has 0 aliphatic heterocycles. The Balaban J connectivity index is 2.86. The van der Waals surface area contributed by atoms with E-state index in [1.807, 2.05) is 18.2 Å². The molecule has 0 N–H and O–H groups in total. The summed E-state index contributed by atoms with van der Waals surface area (Å²) in [4.78, 5) is 4.17. The molecule has 2 aromatic rings. The van der Waals surface area contributed by atoms with Gasteiger partial charge in [0.15, 0.2) is 0 Å². The summed E-state index contributed by atoms with van der Waals surface area (Å²) in [7, 11) is 0. The lowest BCUT2D eigenvalue weighted by Gasteiger charge is -2.15. The van der Waals surface area contributed by atoms with Crippen molar-refractivity contribution in [1.29, 1.82) is 0 Å². The van der Waals surface area contributed by atoms with E-state index < -0.39 is 3.79 Å². The van der Waals surface area contributed by atoms with Gasteiger partial charge in [0.2, 0.25) is 3.79 Å². The number of nitrogens with zero attached hydrogens (tertiary/aromatic N) is 1. The monoisotopic (exact) mass is 279 g/mol. The van der Waals surface area contributed by atoms with E-state index in [1.165, 1.54) is 0 Å². The number of alkyl halides is 3. The van der Waals surface area contributed by atoms with E-state index in [0.717, 1.165) is 5.39 Å². The minimum Gasteiger partial charge on any atom is -0.256 e. The first kappa shape index (κ1) is 11.3. The maximum Gasteiger partial charge on any atom is 0.219 e. The van der Waals surface area contributed by atoms with Crippen LogP contribution in [0.1, 0.15) is 5.56 Å². The molecule has 1 aromatic heterocycles. The fourth-order valence-corrected chi connectivity index (χ4v) is 2.40. The van der Waals surface area contributed by atoms with Crippen molar-refractivity contribution in [2.75, 3.05) is 0 Å². The van der Waals surface area contributed by atoms with Gasteiger partial charge in [0.1, 0.15) is 0 Å². The Labute approximate surface area is 107 Å². The highest BCUT2D eigenvalue weighted by molar-refractivity contribution is 6.67. The van der Waals surface area contributed by atoms with Gasteiger partial charge >= 0.3 is 0 Å². The molecule has 1 aromatic carbocycles. The molecule has 5 heteroatoms. The van der Waals surface area contributed by atoms with Gasteiger partial charge in [0, 0.05) is 17.1 Å². The van der Waals surface area contributed by atoms with Gasteiger partial charge in [-0.1, -0.05) is 58.5 Å². The second-order valence-electron chi connectivity index (χ2n) is 3.00. The van der Waals surface area contributed by atoms with Gasteiger partial charge in [0.05, 0.1) is 10.5 Å². The highest BCUT2D eigenvalue weighted by Gasteiger charge is 2.28. The normalized spacial score (nSPS) is 12.0. The van der Waals surface area contributed by atoms with Crippen molar-refractivity contribution in [2.45, 2.75) is 3.79 Å². The molecule has 0 spiro atoms. The average molecular weight is 281 g/mol. The summed E-state index contributed by atoms with van der Waals surface area (Å²) in [5, 5.41) is 1.30. The lowest BCUT2D eigenvalue weighted by molar-refractivity contribution is 1.24. The van der Waals surface area contributed by atoms with E-state index in [-0.39, 0.29) is 0 Å². The van der Waals surface area contributed by atoms with Crippen molar-refractivity contribution in [2.24, 2.45) is 0 Å². The predicted octanol–water partition coefficient (Wildman–Crippen LogP) is 4.71. The topological polar surface area (TPSA) is 12.9 Å². The quantitative estimate of drug-likeness (QED) is 0.637. The first-order valence-electron chi connectivity index (χ1n) is 4.10. The standard InChI is InChI=1S/C10H5Cl4N/c11-7-4-3-6-2-1-5-15-9(6)8(7)10(12,13)14/h1-5H. The summed E-state index contributed by atoms with van der Waals surface area (Å²) in [6.45, 7) is 0. The molecule has 1 heterocycles. The molecule has 1 nitrogen and oxygen atoms in total. The van der Waals surface area contributed by atoms with Crippen LogP contribution in [0.2, 0.25) is 5.02 Å². The molecular weight excluding hydrogens is 276 g/mol. The molecular formula is C10H5Cl4N. The van der Waals surface area contributed by atoms with Gasteiger partial charge < -0.3 is 0 Å². The summed E-state index contributed by atoms with van der Waals surface area (Å²) < 4.78 is -1.56.